The van der Waals surface area contributed by atoms with E-state index in [2.05, 4.69) is 15.5 Å². The summed E-state index contributed by atoms with van der Waals surface area (Å²) < 4.78 is 1.76. The molecule has 0 spiro atoms. The van der Waals surface area contributed by atoms with Crippen molar-refractivity contribution in [1.82, 2.24) is 20.2 Å². The molecule has 0 aliphatic heterocycles. The molecule has 18 heavy (non-hydrogen) atoms. The molecule has 0 saturated carbocycles. The molecule has 0 fully saturated rings. The minimum absolute atomic E-state index is 0.530. The highest BCUT2D eigenvalue weighted by Crippen LogP contribution is 2.24. The molecule has 0 radical (unpaired) electrons. The molecule has 2 N–H and O–H groups in total. The lowest BCUT2D eigenvalue weighted by molar-refractivity contribution is 0.433. The van der Waals surface area contributed by atoms with Gasteiger partial charge < -0.3 is 5.73 Å². The van der Waals surface area contributed by atoms with Gasteiger partial charge in [-0.1, -0.05) is 25.1 Å². The molecule has 0 aliphatic carbocycles. The summed E-state index contributed by atoms with van der Waals surface area (Å²) in [5.74, 6) is 0.697. The first kappa shape index (κ1) is 12.7. The van der Waals surface area contributed by atoms with Crippen LogP contribution in [0.1, 0.15) is 37.2 Å². The van der Waals surface area contributed by atoms with Gasteiger partial charge in [0.1, 0.15) is 0 Å². The first-order valence-electron chi connectivity index (χ1n) is 6.11. The standard InChI is InChI=1S/C13H19N5/c1-5-13(4,14)12-15-16-17-18(12)11-9(2)7-6-8-10(11)3/h6-8H,5,14H2,1-4H3/t13-/m0/s1. The Hall–Kier alpha value is -1.75. The third kappa shape index (κ3) is 2.01. The number of aromatic nitrogens is 4. The van der Waals surface area contributed by atoms with Gasteiger partial charge in [0.15, 0.2) is 5.82 Å². The fourth-order valence-corrected chi connectivity index (χ4v) is 1.99. The first-order chi connectivity index (χ1) is 8.47. The van der Waals surface area contributed by atoms with E-state index >= 15 is 0 Å². The summed E-state index contributed by atoms with van der Waals surface area (Å²) in [6.07, 6.45) is 0.776. The fourth-order valence-electron chi connectivity index (χ4n) is 1.99. The third-order valence-corrected chi connectivity index (χ3v) is 3.37. The maximum atomic E-state index is 6.26. The highest BCUT2D eigenvalue weighted by molar-refractivity contribution is 5.46. The van der Waals surface area contributed by atoms with Crippen molar-refractivity contribution in [2.45, 2.75) is 39.7 Å². The zero-order chi connectivity index (χ0) is 13.3. The van der Waals surface area contributed by atoms with Crippen LogP contribution in [0, 0.1) is 13.8 Å². The molecule has 0 aliphatic rings. The Labute approximate surface area is 107 Å². The van der Waals surface area contributed by atoms with Crippen molar-refractivity contribution in [3.8, 4) is 5.69 Å². The second-order valence-electron chi connectivity index (χ2n) is 4.93. The van der Waals surface area contributed by atoms with E-state index in [1.807, 2.05) is 45.9 Å². The number of tetrazole rings is 1. The second kappa shape index (κ2) is 4.49. The van der Waals surface area contributed by atoms with Gasteiger partial charge in [0, 0.05) is 0 Å². The maximum Gasteiger partial charge on any atom is 0.176 e. The molecule has 1 heterocycles. The summed E-state index contributed by atoms with van der Waals surface area (Å²) >= 11 is 0. The first-order valence-corrected chi connectivity index (χ1v) is 6.11. The Bertz CT molecular complexity index is 536. The summed E-state index contributed by atoms with van der Waals surface area (Å²) in [6.45, 7) is 8.08. The van der Waals surface area contributed by atoms with Gasteiger partial charge in [-0.3, -0.25) is 0 Å². The number of hydrogen-bond donors (Lipinski definition) is 1. The molecule has 5 heteroatoms. The van der Waals surface area contributed by atoms with Gasteiger partial charge >= 0.3 is 0 Å². The molecule has 0 bridgehead atoms. The predicted molar refractivity (Wildman–Crippen MR) is 70.5 cm³/mol. The largest absolute Gasteiger partial charge is 0.319 e. The molecule has 2 rings (SSSR count). The van der Waals surface area contributed by atoms with Crippen molar-refractivity contribution in [3.63, 3.8) is 0 Å². The van der Waals surface area contributed by atoms with Crippen molar-refractivity contribution in [1.29, 1.82) is 0 Å². The molecule has 0 amide bonds. The van der Waals surface area contributed by atoms with Crippen molar-refractivity contribution < 1.29 is 0 Å². The third-order valence-electron chi connectivity index (χ3n) is 3.37. The van der Waals surface area contributed by atoms with Crippen molar-refractivity contribution in [2.24, 2.45) is 5.73 Å². The lowest BCUT2D eigenvalue weighted by atomic mass is 9.99. The summed E-state index contributed by atoms with van der Waals surface area (Å²) in [4.78, 5) is 0. The molecule has 0 saturated heterocycles. The number of benzene rings is 1. The van der Waals surface area contributed by atoms with E-state index < -0.39 is 5.54 Å². The van der Waals surface area contributed by atoms with Crippen molar-refractivity contribution >= 4 is 0 Å². The van der Waals surface area contributed by atoms with Crippen molar-refractivity contribution in [3.05, 3.63) is 35.2 Å². The van der Waals surface area contributed by atoms with Crippen LogP contribution in [0.3, 0.4) is 0 Å². The number of para-hydroxylation sites is 1. The molecule has 96 valence electrons. The van der Waals surface area contributed by atoms with Crippen molar-refractivity contribution in [2.75, 3.05) is 0 Å². The monoisotopic (exact) mass is 245 g/mol. The highest BCUT2D eigenvalue weighted by atomic mass is 15.5. The molecule has 1 aromatic carbocycles. The lowest BCUT2D eigenvalue weighted by Gasteiger charge is -2.22. The van der Waals surface area contributed by atoms with Crippen LogP contribution in [0.4, 0.5) is 0 Å². The smallest absolute Gasteiger partial charge is 0.176 e. The normalized spacial score (nSPS) is 14.5. The van der Waals surface area contributed by atoms with E-state index in [1.165, 1.54) is 0 Å². The van der Waals surface area contributed by atoms with Gasteiger partial charge in [0.25, 0.3) is 0 Å². The van der Waals surface area contributed by atoms with E-state index in [0.29, 0.717) is 5.82 Å². The summed E-state index contributed by atoms with van der Waals surface area (Å²) in [5, 5.41) is 12.0. The quantitative estimate of drug-likeness (QED) is 0.896. The van der Waals surface area contributed by atoms with Crippen LogP contribution in [0.2, 0.25) is 0 Å². The predicted octanol–water partition coefficient (Wildman–Crippen LogP) is 1.86. The van der Waals surface area contributed by atoms with E-state index in [0.717, 1.165) is 23.2 Å². The number of nitrogens with two attached hydrogens (primary N) is 1. The van der Waals surface area contributed by atoms with Crippen LogP contribution in [0.5, 0.6) is 0 Å². The number of nitrogens with zero attached hydrogens (tertiary/aromatic N) is 4. The summed E-state index contributed by atoms with van der Waals surface area (Å²) in [7, 11) is 0. The van der Waals surface area contributed by atoms with Crippen LogP contribution >= 0.6 is 0 Å². The van der Waals surface area contributed by atoms with E-state index in [4.69, 9.17) is 5.73 Å². The van der Waals surface area contributed by atoms with Crippen LogP contribution in [0.25, 0.3) is 5.69 Å². The van der Waals surface area contributed by atoms with E-state index in [1.54, 1.807) is 4.68 Å². The van der Waals surface area contributed by atoms with Gasteiger partial charge in [-0.05, 0) is 48.7 Å². The fraction of sp³-hybridized carbons (Fsp3) is 0.462. The minimum Gasteiger partial charge on any atom is -0.319 e. The molecule has 2 aromatic rings. The average molecular weight is 245 g/mol. The SMILES string of the molecule is CC[C@](C)(N)c1nnnn1-c1c(C)cccc1C. The number of hydrogen-bond acceptors (Lipinski definition) is 4. The molecule has 5 nitrogen and oxygen atoms in total. The van der Waals surface area contributed by atoms with E-state index in [9.17, 15) is 0 Å². The minimum atomic E-state index is -0.530. The average Bonchev–Trinajstić information content (AvgIpc) is 2.78. The zero-order valence-corrected chi connectivity index (χ0v) is 11.3. The number of aryl methyl sites for hydroxylation is 2. The van der Waals surface area contributed by atoms with Crippen LogP contribution in [0.15, 0.2) is 18.2 Å². The highest BCUT2D eigenvalue weighted by Gasteiger charge is 2.27. The van der Waals surface area contributed by atoms with Gasteiger partial charge in [0.05, 0.1) is 11.2 Å². The second-order valence-corrected chi connectivity index (χ2v) is 4.93. The Morgan fingerprint density at radius 3 is 2.44 bits per heavy atom. The maximum absolute atomic E-state index is 6.26. The van der Waals surface area contributed by atoms with Crippen LogP contribution in [-0.4, -0.2) is 20.2 Å². The molecule has 1 atom stereocenters. The van der Waals surface area contributed by atoms with Crippen LogP contribution in [-0.2, 0) is 5.54 Å². The topological polar surface area (TPSA) is 69.6 Å². The van der Waals surface area contributed by atoms with Gasteiger partial charge in [-0.2, -0.15) is 4.68 Å². The van der Waals surface area contributed by atoms with Gasteiger partial charge in [-0.25, -0.2) is 0 Å². The van der Waals surface area contributed by atoms with E-state index in [-0.39, 0.29) is 0 Å². The molecular weight excluding hydrogens is 226 g/mol. The zero-order valence-electron chi connectivity index (χ0n) is 11.3. The Morgan fingerprint density at radius 2 is 1.89 bits per heavy atom. The summed E-state index contributed by atoms with van der Waals surface area (Å²) in [5.41, 5.74) is 9.01. The van der Waals surface area contributed by atoms with Gasteiger partial charge in [0.2, 0.25) is 0 Å². The Kier molecular flexibility index (Phi) is 3.17. The summed E-state index contributed by atoms with van der Waals surface area (Å²) in [6, 6.07) is 6.13. The lowest BCUT2D eigenvalue weighted by Crippen LogP contribution is -2.35. The van der Waals surface area contributed by atoms with Crippen LogP contribution < -0.4 is 5.73 Å². The Balaban J connectivity index is 2.63. The number of rotatable bonds is 3. The van der Waals surface area contributed by atoms with Gasteiger partial charge in [-0.15, -0.1) is 5.10 Å². The Morgan fingerprint density at radius 1 is 1.28 bits per heavy atom. The molecule has 0 unspecified atom stereocenters. The molecule has 1 aromatic heterocycles. The molecular formula is C13H19N5.